The molecule has 1 aromatic heterocycles. The Balaban J connectivity index is 1.16. The van der Waals surface area contributed by atoms with Crippen molar-refractivity contribution in [3.8, 4) is 22.3 Å². The summed E-state index contributed by atoms with van der Waals surface area (Å²) in [4.78, 5) is 5.45. The number of amidine groups is 1. The van der Waals surface area contributed by atoms with Crippen LogP contribution >= 0.6 is 0 Å². The summed E-state index contributed by atoms with van der Waals surface area (Å²) >= 11 is 0. The average molecular weight is 733 g/mol. The molecule has 272 valence electrons. The second-order valence-electron chi connectivity index (χ2n) is 14.8. The topological polar surface area (TPSA) is 37.5 Å². The zero-order valence-electron chi connectivity index (χ0n) is 31.4. The number of hydrogen-bond donors (Lipinski definition) is 1. The molecule has 8 aromatic carbocycles. The highest BCUT2D eigenvalue weighted by molar-refractivity contribution is 6.19. The molecule has 1 aliphatic rings. The number of furan rings is 1. The van der Waals surface area contributed by atoms with Gasteiger partial charge >= 0.3 is 0 Å². The van der Waals surface area contributed by atoms with Gasteiger partial charge in [0, 0.05) is 27.8 Å². The predicted octanol–water partition coefficient (Wildman–Crippen LogP) is 13.5. The van der Waals surface area contributed by atoms with Gasteiger partial charge in [0.2, 0.25) is 0 Å². The SMILES string of the molecule is C=C1C(c2ccccc2)N=C(c2ccc(C(c3ccc(-c4ccccc4)cc3)c3ccc(-c4ccccc4)cc3)c3oc4ccccc4c23)NC1c1ccccc1. The summed E-state index contributed by atoms with van der Waals surface area (Å²) in [6.45, 7) is 4.63. The Morgan fingerprint density at radius 1 is 0.491 bits per heavy atom. The molecule has 0 saturated carbocycles. The molecule has 9 aromatic rings. The van der Waals surface area contributed by atoms with E-state index in [1.165, 1.54) is 33.4 Å². The summed E-state index contributed by atoms with van der Waals surface area (Å²) in [7, 11) is 0. The Kier molecular flexibility index (Phi) is 8.89. The summed E-state index contributed by atoms with van der Waals surface area (Å²) in [5.41, 5.74) is 14.2. The van der Waals surface area contributed by atoms with E-state index in [4.69, 9.17) is 9.41 Å². The minimum absolute atomic E-state index is 0.105. The van der Waals surface area contributed by atoms with Crippen LogP contribution in [-0.2, 0) is 0 Å². The van der Waals surface area contributed by atoms with Gasteiger partial charge in [-0.25, -0.2) is 0 Å². The molecule has 3 heteroatoms. The molecule has 0 saturated heterocycles. The maximum atomic E-state index is 6.97. The third kappa shape index (κ3) is 6.43. The second kappa shape index (κ2) is 14.8. The van der Waals surface area contributed by atoms with Crippen LogP contribution in [0.5, 0.6) is 0 Å². The molecule has 0 amide bonds. The van der Waals surface area contributed by atoms with Crippen molar-refractivity contribution < 1.29 is 4.42 Å². The van der Waals surface area contributed by atoms with E-state index in [1.807, 2.05) is 12.1 Å². The number of para-hydroxylation sites is 1. The van der Waals surface area contributed by atoms with Crippen molar-refractivity contribution >= 4 is 27.8 Å². The molecule has 0 aliphatic carbocycles. The molecule has 0 radical (unpaired) electrons. The number of rotatable bonds is 8. The minimum atomic E-state index is -0.223. The fourth-order valence-corrected chi connectivity index (χ4v) is 8.47. The van der Waals surface area contributed by atoms with Crippen LogP contribution in [-0.4, -0.2) is 5.84 Å². The van der Waals surface area contributed by atoms with Crippen LogP contribution in [0.25, 0.3) is 44.2 Å². The maximum Gasteiger partial charge on any atom is 0.140 e. The van der Waals surface area contributed by atoms with Gasteiger partial charge in [-0.1, -0.05) is 207 Å². The standard InChI is InChI=1S/C54H40N2O/c1-36-51(43-20-10-4-11-21-43)55-54(56-52(36)44-22-12-5-13-23-44)47-35-34-46(53-50(47)45-24-14-15-25-48(45)57-53)49(41-30-26-39(27-31-41)37-16-6-2-7-17-37)42-32-28-40(29-33-42)38-18-8-3-9-19-38/h2-35,49,51-52H,1H2,(H,55,56). The first kappa shape index (κ1) is 34.3. The molecule has 0 fully saturated rings. The van der Waals surface area contributed by atoms with E-state index in [0.717, 1.165) is 55.6 Å². The fraction of sp³-hybridized carbons (Fsp3) is 0.0556. The summed E-state index contributed by atoms with van der Waals surface area (Å²) in [6.07, 6.45) is 0. The monoisotopic (exact) mass is 732 g/mol. The zero-order valence-corrected chi connectivity index (χ0v) is 31.4. The molecule has 0 bridgehead atoms. The van der Waals surface area contributed by atoms with Gasteiger partial charge in [0.15, 0.2) is 0 Å². The lowest BCUT2D eigenvalue weighted by atomic mass is 9.82. The average Bonchev–Trinajstić information content (AvgIpc) is 3.69. The van der Waals surface area contributed by atoms with Crippen LogP contribution < -0.4 is 5.32 Å². The van der Waals surface area contributed by atoms with Gasteiger partial charge in [-0.2, -0.15) is 0 Å². The molecule has 10 rings (SSSR count). The van der Waals surface area contributed by atoms with E-state index in [-0.39, 0.29) is 18.0 Å². The number of hydrogen-bond acceptors (Lipinski definition) is 3. The van der Waals surface area contributed by atoms with Crippen molar-refractivity contribution in [1.82, 2.24) is 5.32 Å². The molecule has 57 heavy (non-hydrogen) atoms. The van der Waals surface area contributed by atoms with Crippen molar-refractivity contribution in [3.05, 3.63) is 252 Å². The third-order valence-corrected chi connectivity index (χ3v) is 11.3. The number of aliphatic imine (C=N–C) groups is 1. The van der Waals surface area contributed by atoms with Gasteiger partial charge < -0.3 is 9.73 Å². The van der Waals surface area contributed by atoms with Gasteiger partial charge in [-0.15, -0.1) is 0 Å². The van der Waals surface area contributed by atoms with Crippen LogP contribution in [0, 0.1) is 0 Å². The summed E-state index contributed by atoms with van der Waals surface area (Å²) < 4.78 is 6.97. The Morgan fingerprint density at radius 3 is 1.56 bits per heavy atom. The maximum absolute atomic E-state index is 6.97. The fourth-order valence-electron chi connectivity index (χ4n) is 8.47. The van der Waals surface area contributed by atoms with Crippen molar-refractivity contribution in [2.45, 2.75) is 18.0 Å². The Hall–Kier alpha value is -7.23. The van der Waals surface area contributed by atoms with Crippen LogP contribution in [0.2, 0.25) is 0 Å². The largest absolute Gasteiger partial charge is 0.456 e. The highest BCUT2D eigenvalue weighted by Gasteiger charge is 2.32. The summed E-state index contributed by atoms with van der Waals surface area (Å²) in [5, 5.41) is 5.95. The lowest BCUT2D eigenvalue weighted by molar-refractivity contribution is 0.629. The lowest BCUT2D eigenvalue weighted by Gasteiger charge is -2.33. The van der Waals surface area contributed by atoms with Crippen molar-refractivity contribution in [3.63, 3.8) is 0 Å². The Morgan fingerprint density at radius 2 is 0.982 bits per heavy atom. The molecular weight excluding hydrogens is 693 g/mol. The van der Waals surface area contributed by atoms with Crippen LogP contribution in [0.4, 0.5) is 0 Å². The first-order valence-corrected chi connectivity index (χ1v) is 19.6. The molecule has 2 unspecified atom stereocenters. The molecule has 3 nitrogen and oxygen atoms in total. The molecule has 0 spiro atoms. The first-order valence-electron chi connectivity index (χ1n) is 19.6. The number of nitrogens with one attached hydrogen (secondary N) is 1. The quantitative estimate of drug-likeness (QED) is 0.125. The first-order chi connectivity index (χ1) is 28.2. The smallest absolute Gasteiger partial charge is 0.140 e. The van der Waals surface area contributed by atoms with E-state index in [2.05, 4.69) is 206 Å². The molecule has 1 N–H and O–H groups in total. The highest BCUT2D eigenvalue weighted by Crippen LogP contribution is 2.44. The van der Waals surface area contributed by atoms with Gasteiger partial charge in [-0.3, -0.25) is 4.99 Å². The third-order valence-electron chi connectivity index (χ3n) is 11.3. The van der Waals surface area contributed by atoms with E-state index in [0.29, 0.717) is 0 Å². The van der Waals surface area contributed by atoms with Crippen LogP contribution in [0.1, 0.15) is 51.4 Å². The summed E-state index contributed by atoms with van der Waals surface area (Å²) in [6, 6.07) is 72.7. The van der Waals surface area contributed by atoms with Gasteiger partial charge in [0.25, 0.3) is 0 Å². The van der Waals surface area contributed by atoms with Gasteiger partial charge in [-0.05, 0) is 56.1 Å². The molecule has 2 heterocycles. The van der Waals surface area contributed by atoms with Crippen molar-refractivity contribution in [1.29, 1.82) is 0 Å². The number of nitrogens with zero attached hydrogens (tertiary/aromatic N) is 1. The van der Waals surface area contributed by atoms with Crippen molar-refractivity contribution in [2.24, 2.45) is 4.99 Å². The number of benzene rings is 8. The lowest BCUT2D eigenvalue weighted by Crippen LogP contribution is -2.36. The Labute approximate surface area is 333 Å². The van der Waals surface area contributed by atoms with E-state index in [1.54, 1.807) is 0 Å². The summed E-state index contributed by atoms with van der Waals surface area (Å²) in [5.74, 6) is 0.719. The van der Waals surface area contributed by atoms with Crippen LogP contribution in [0.3, 0.4) is 0 Å². The van der Waals surface area contributed by atoms with E-state index < -0.39 is 0 Å². The van der Waals surface area contributed by atoms with E-state index in [9.17, 15) is 0 Å². The van der Waals surface area contributed by atoms with E-state index >= 15 is 0 Å². The molecular formula is C54H40N2O. The highest BCUT2D eigenvalue weighted by atomic mass is 16.3. The van der Waals surface area contributed by atoms with Gasteiger partial charge in [0.1, 0.15) is 23.0 Å². The predicted molar refractivity (Wildman–Crippen MR) is 236 cm³/mol. The van der Waals surface area contributed by atoms with Gasteiger partial charge in [0.05, 0.1) is 6.04 Å². The van der Waals surface area contributed by atoms with Crippen LogP contribution in [0.15, 0.2) is 228 Å². The Bertz CT molecular complexity index is 2780. The second-order valence-corrected chi connectivity index (χ2v) is 14.8. The molecule has 2 atom stereocenters. The zero-order chi connectivity index (χ0) is 38.1. The number of fused-ring (bicyclic) bond motifs is 3. The van der Waals surface area contributed by atoms with Crippen molar-refractivity contribution in [2.75, 3.05) is 0 Å². The normalized spacial score (nSPS) is 15.5. The molecule has 1 aliphatic heterocycles. The minimum Gasteiger partial charge on any atom is -0.456 e.